The molecule has 1 amide bonds. The van der Waals surface area contributed by atoms with Crippen molar-refractivity contribution in [2.75, 3.05) is 0 Å². The Morgan fingerprint density at radius 3 is 2.61 bits per heavy atom. The molecule has 0 unspecified atom stereocenters. The van der Waals surface area contributed by atoms with Crippen LogP contribution in [0.2, 0.25) is 0 Å². The van der Waals surface area contributed by atoms with E-state index in [9.17, 15) is 4.79 Å². The minimum absolute atomic E-state index is 0.0505. The number of carbonyl (C=O) groups is 2. The second kappa shape index (κ2) is 9.20. The Labute approximate surface area is 150 Å². The van der Waals surface area contributed by atoms with E-state index in [2.05, 4.69) is 20.8 Å². The highest BCUT2D eigenvalue weighted by Gasteiger charge is 2.41. The second-order valence-corrected chi connectivity index (χ2v) is 8.21. The predicted octanol–water partition coefficient (Wildman–Crippen LogP) is 4.62. The maximum atomic E-state index is 12.6. The van der Waals surface area contributed by atoms with Crippen LogP contribution in [0.3, 0.4) is 0 Å². The van der Waals surface area contributed by atoms with Gasteiger partial charge in [0.2, 0.25) is 0 Å². The number of thioether (sulfide) groups is 1. The first-order valence-corrected chi connectivity index (χ1v) is 9.37. The molecule has 0 radical (unpaired) electrons. The summed E-state index contributed by atoms with van der Waals surface area (Å²) < 4.78 is 0.680. The first-order chi connectivity index (χ1) is 10.9. The first kappa shape index (κ1) is 19.9. The summed E-state index contributed by atoms with van der Waals surface area (Å²) in [5.74, 6) is 0.0505. The van der Waals surface area contributed by atoms with Gasteiger partial charge in [0.1, 0.15) is 4.32 Å². The SMILES string of the molecule is CCCCC(C)(C)N1C(=O)/C(=C/c2cccs2)SC1=S.O=CO. The van der Waals surface area contributed by atoms with Crippen molar-refractivity contribution < 1.29 is 14.7 Å². The topological polar surface area (TPSA) is 57.6 Å². The quantitative estimate of drug-likeness (QED) is 0.465. The van der Waals surface area contributed by atoms with E-state index in [4.69, 9.17) is 22.1 Å². The second-order valence-electron chi connectivity index (χ2n) is 5.55. The summed E-state index contributed by atoms with van der Waals surface area (Å²) >= 11 is 8.47. The molecule has 4 nitrogen and oxygen atoms in total. The van der Waals surface area contributed by atoms with Crippen molar-refractivity contribution in [3.05, 3.63) is 27.3 Å². The van der Waals surface area contributed by atoms with Crippen LogP contribution in [-0.2, 0) is 9.59 Å². The predicted molar refractivity (Wildman–Crippen MR) is 102 cm³/mol. The summed E-state index contributed by atoms with van der Waals surface area (Å²) in [6, 6.07) is 4.00. The fourth-order valence-corrected chi connectivity index (χ4v) is 4.52. The molecule has 0 atom stereocenters. The van der Waals surface area contributed by atoms with Crippen LogP contribution in [0.4, 0.5) is 0 Å². The number of hydrogen-bond acceptors (Lipinski definition) is 5. The molecule has 126 valence electrons. The molecule has 0 aliphatic carbocycles. The standard InChI is InChI=1S/C15H19NOS3.CH2O2/c1-4-5-8-15(2,3)16-13(17)12(20-14(16)18)10-11-7-6-9-19-11;2-1-3/h6-7,9-10H,4-5,8H2,1-3H3;1H,(H,2,3)/b12-10-;. The van der Waals surface area contributed by atoms with Crippen LogP contribution in [0.1, 0.15) is 44.9 Å². The Kier molecular flexibility index (Phi) is 7.94. The molecule has 0 aromatic carbocycles. The van der Waals surface area contributed by atoms with Gasteiger partial charge in [-0.05, 0) is 37.8 Å². The van der Waals surface area contributed by atoms with Gasteiger partial charge in [-0.2, -0.15) is 0 Å². The summed E-state index contributed by atoms with van der Waals surface area (Å²) in [6.45, 7) is 6.11. The minimum Gasteiger partial charge on any atom is -0.483 e. The molecule has 1 N–H and O–H groups in total. The molecule has 0 spiro atoms. The van der Waals surface area contributed by atoms with Crippen LogP contribution in [0.25, 0.3) is 6.08 Å². The molecule has 2 heterocycles. The number of hydrogen-bond donors (Lipinski definition) is 1. The molecule has 7 heteroatoms. The number of carbonyl (C=O) groups excluding carboxylic acids is 1. The van der Waals surface area contributed by atoms with Gasteiger partial charge in [-0.3, -0.25) is 14.5 Å². The van der Waals surface area contributed by atoms with Gasteiger partial charge in [0.25, 0.3) is 12.4 Å². The summed E-state index contributed by atoms with van der Waals surface area (Å²) in [6.07, 6.45) is 5.15. The number of amides is 1. The molecule has 1 aliphatic heterocycles. The number of nitrogens with zero attached hydrogens (tertiary/aromatic N) is 1. The van der Waals surface area contributed by atoms with E-state index in [1.807, 2.05) is 23.6 Å². The van der Waals surface area contributed by atoms with Crippen molar-refractivity contribution >= 4 is 58.1 Å². The Bertz CT molecular complexity index is 579. The van der Waals surface area contributed by atoms with E-state index in [0.29, 0.717) is 4.32 Å². The van der Waals surface area contributed by atoms with Crippen molar-refractivity contribution in [1.29, 1.82) is 0 Å². The van der Waals surface area contributed by atoms with Gasteiger partial charge in [-0.25, -0.2) is 0 Å². The molecule has 2 rings (SSSR count). The lowest BCUT2D eigenvalue weighted by Gasteiger charge is -2.34. The fraction of sp³-hybridized carbons (Fsp3) is 0.438. The Balaban J connectivity index is 0.000000816. The molecule has 1 aromatic rings. The van der Waals surface area contributed by atoms with Gasteiger partial charge in [-0.1, -0.05) is 49.8 Å². The number of rotatable bonds is 5. The number of thiocarbonyl (C=S) groups is 1. The molecule has 1 aliphatic rings. The van der Waals surface area contributed by atoms with E-state index in [1.54, 1.807) is 16.2 Å². The average Bonchev–Trinajstić information content (AvgIpc) is 3.07. The smallest absolute Gasteiger partial charge is 0.290 e. The first-order valence-electron chi connectivity index (χ1n) is 7.26. The van der Waals surface area contributed by atoms with E-state index in [-0.39, 0.29) is 17.9 Å². The highest BCUT2D eigenvalue weighted by molar-refractivity contribution is 8.26. The van der Waals surface area contributed by atoms with Crippen LogP contribution in [0.5, 0.6) is 0 Å². The zero-order valence-electron chi connectivity index (χ0n) is 13.4. The molecule has 1 aromatic heterocycles. The summed E-state index contributed by atoms with van der Waals surface area (Å²) in [5.41, 5.74) is -0.206. The van der Waals surface area contributed by atoms with E-state index >= 15 is 0 Å². The summed E-state index contributed by atoms with van der Waals surface area (Å²) in [7, 11) is 0. The molecular weight excluding hydrogens is 350 g/mol. The third-order valence-electron chi connectivity index (χ3n) is 3.36. The van der Waals surface area contributed by atoms with E-state index in [1.165, 1.54) is 11.8 Å². The Morgan fingerprint density at radius 1 is 1.43 bits per heavy atom. The number of thiophene rings is 1. The van der Waals surface area contributed by atoms with Gasteiger partial charge in [0.15, 0.2) is 0 Å². The Hall–Kier alpha value is -1.18. The molecule has 23 heavy (non-hydrogen) atoms. The molecule has 0 saturated carbocycles. The normalized spacial score (nSPS) is 16.5. The molecular formula is C16H21NO3S3. The lowest BCUT2D eigenvalue weighted by Crippen LogP contribution is -2.46. The fourth-order valence-electron chi connectivity index (χ4n) is 2.21. The van der Waals surface area contributed by atoms with Crippen molar-refractivity contribution in [3.63, 3.8) is 0 Å². The summed E-state index contributed by atoms with van der Waals surface area (Å²) in [5, 5.41) is 8.90. The van der Waals surface area contributed by atoms with Crippen LogP contribution >= 0.6 is 35.3 Å². The van der Waals surface area contributed by atoms with Crippen LogP contribution in [0, 0.1) is 0 Å². The minimum atomic E-state index is -0.250. The van der Waals surface area contributed by atoms with Crippen molar-refractivity contribution in [1.82, 2.24) is 4.90 Å². The zero-order chi connectivity index (χ0) is 17.5. The summed E-state index contributed by atoms with van der Waals surface area (Å²) in [4.78, 5) is 24.6. The maximum absolute atomic E-state index is 12.6. The van der Waals surface area contributed by atoms with Gasteiger partial charge < -0.3 is 5.11 Å². The van der Waals surface area contributed by atoms with E-state index < -0.39 is 0 Å². The lowest BCUT2D eigenvalue weighted by molar-refractivity contribution is -0.125. The van der Waals surface area contributed by atoms with Crippen molar-refractivity contribution in [2.24, 2.45) is 0 Å². The Morgan fingerprint density at radius 2 is 2.09 bits per heavy atom. The molecule has 0 bridgehead atoms. The third kappa shape index (κ3) is 5.44. The number of unbranched alkanes of at least 4 members (excludes halogenated alkanes) is 1. The van der Waals surface area contributed by atoms with Crippen molar-refractivity contribution in [3.8, 4) is 0 Å². The maximum Gasteiger partial charge on any atom is 0.290 e. The average molecular weight is 372 g/mol. The molecule has 1 saturated heterocycles. The van der Waals surface area contributed by atoms with Crippen LogP contribution in [0.15, 0.2) is 22.4 Å². The van der Waals surface area contributed by atoms with Crippen LogP contribution < -0.4 is 0 Å². The lowest BCUT2D eigenvalue weighted by atomic mass is 9.95. The van der Waals surface area contributed by atoms with Gasteiger partial charge in [0.05, 0.1) is 4.91 Å². The van der Waals surface area contributed by atoms with Crippen molar-refractivity contribution in [2.45, 2.75) is 45.6 Å². The highest BCUT2D eigenvalue weighted by Crippen LogP contribution is 2.39. The molecule has 1 fully saturated rings. The van der Waals surface area contributed by atoms with Crippen LogP contribution in [-0.4, -0.2) is 32.2 Å². The van der Waals surface area contributed by atoms with Gasteiger partial charge in [-0.15, -0.1) is 11.3 Å². The van der Waals surface area contributed by atoms with Gasteiger partial charge >= 0.3 is 0 Å². The third-order valence-corrected chi connectivity index (χ3v) is 5.48. The largest absolute Gasteiger partial charge is 0.483 e. The zero-order valence-corrected chi connectivity index (χ0v) is 15.9. The monoisotopic (exact) mass is 371 g/mol. The highest BCUT2D eigenvalue weighted by atomic mass is 32.2. The van der Waals surface area contributed by atoms with E-state index in [0.717, 1.165) is 29.0 Å². The van der Waals surface area contributed by atoms with Gasteiger partial charge in [0, 0.05) is 10.4 Å². The number of carboxylic acid groups (broad SMARTS) is 1.